The van der Waals surface area contributed by atoms with Gasteiger partial charge in [0.1, 0.15) is 5.76 Å². The molecular formula is C22H26N6O3. The van der Waals surface area contributed by atoms with Gasteiger partial charge in [0.25, 0.3) is 0 Å². The Balaban J connectivity index is 1.58. The van der Waals surface area contributed by atoms with E-state index in [-0.39, 0.29) is 11.6 Å². The molecule has 31 heavy (non-hydrogen) atoms. The number of benzene rings is 1. The minimum Gasteiger partial charge on any atom is -0.493 e. The molecule has 0 atom stereocenters. The first-order valence-corrected chi connectivity index (χ1v) is 10.00. The van der Waals surface area contributed by atoms with Crippen molar-refractivity contribution in [3.63, 3.8) is 0 Å². The van der Waals surface area contributed by atoms with Crippen molar-refractivity contribution in [1.82, 2.24) is 29.0 Å². The summed E-state index contributed by atoms with van der Waals surface area (Å²) in [7, 11) is 4.03. The number of imidazole rings is 1. The average Bonchev–Trinajstić information content (AvgIpc) is 3.36. The number of aromatic hydroxyl groups is 1. The van der Waals surface area contributed by atoms with Gasteiger partial charge in [0.05, 0.1) is 36.9 Å². The van der Waals surface area contributed by atoms with Crippen LogP contribution in [0.25, 0.3) is 5.69 Å². The molecule has 1 N–H and O–H groups in total. The molecule has 3 aromatic heterocycles. The van der Waals surface area contributed by atoms with Gasteiger partial charge in [-0.2, -0.15) is 5.10 Å². The number of rotatable bonds is 7. The van der Waals surface area contributed by atoms with Crippen molar-refractivity contribution in [3.05, 3.63) is 81.5 Å². The third-order valence-corrected chi connectivity index (χ3v) is 5.16. The van der Waals surface area contributed by atoms with Crippen molar-refractivity contribution in [3.8, 4) is 11.6 Å². The Labute approximate surface area is 179 Å². The van der Waals surface area contributed by atoms with Gasteiger partial charge >= 0.3 is 5.69 Å². The number of hydrogen-bond donors (Lipinski definition) is 1. The molecule has 0 unspecified atom stereocenters. The lowest BCUT2D eigenvalue weighted by Gasteiger charge is -2.11. The lowest BCUT2D eigenvalue weighted by Crippen LogP contribution is -2.23. The summed E-state index contributed by atoms with van der Waals surface area (Å²) in [5, 5.41) is 18.7. The number of hydrogen-bond acceptors (Lipinski definition) is 6. The van der Waals surface area contributed by atoms with E-state index in [0.29, 0.717) is 18.8 Å². The monoisotopic (exact) mass is 422 g/mol. The summed E-state index contributed by atoms with van der Waals surface area (Å²) in [5.74, 6) is 0.601. The molecule has 1 aromatic carbocycles. The van der Waals surface area contributed by atoms with E-state index in [4.69, 9.17) is 4.52 Å². The van der Waals surface area contributed by atoms with Crippen LogP contribution in [0.15, 0.2) is 52.2 Å². The van der Waals surface area contributed by atoms with Crippen LogP contribution in [0.5, 0.6) is 5.88 Å². The molecule has 0 radical (unpaired) electrons. The molecule has 0 aliphatic carbocycles. The lowest BCUT2D eigenvalue weighted by atomic mass is 10.1. The maximum Gasteiger partial charge on any atom is 0.336 e. The smallest absolute Gasteiger partial charge is 0.336 e. The highest BCUT2D eigenvalue weighted by molar-refractivity contribution is 5.32. The first-order chi connectivity index (χ1) is 14.8. The number of nitrogens with zero attached hydrogens (tertiary/aromatic N) is 6. The quantitative estimate of drug-likeness (QED) is 0.491. The molecule has 0 saturated carbocycles. The van der Waals surface area contributed by atoms with Gasteiger partial charge in [-0.25, -0.2) is 9.36 Å². The Morgan fingerprint density at radius 1 is 1.13 bits per heavy atom. The van der Waals surface area contributed by atoms with Crippen molar-refractivity contribution in [2.75, 3.05) is 14.1 Å². The molecule has 0 spiro atoms. The van der Waals surface area contributed by atoms with Crippen molar-refractivity contribution >= 4 is 0 Å². The summed E-state index contributed by atoms with van der Waals surface area (Å²) in [6.45, 7) is 5.38. The zero-order valence-corrected chi connectivity index (χ0v) is 18.1. The van der Waals surface area contributed by atoms with Gasteiger partial charge in [0.2, 0.25) is 5.88 Å². The minimum atomic E-state index is -0.326. The first kappa shape index (κ1) is 20.7. The topological polar surface area (TPSA) is 94.3 Å². The highest BCUT2D eigenvalue weighted by Crippen LogP contribution is 2.18. The number of aromatic nitrogens is 5. The van der Waals surface area contributed by atoms with E-state index in [1.165, 1.54) is 20.9 Å². The van der Waals surface area contributed by atoms with Crippen LogP contribution in [0, 0.1) is 13.8 Å². The van der Waals surface area contributed by atoms with E-state index < -0.39 is 0 Å². The van der Waals surface area contributed by atoms with E-state index in [2.05, 4.69) is 27.3 Å². The zero-order chi connectivity index (χ0) is 22.1. The zero-order valence-electron chi connectivity index (χ0n) is 18.1. The fourth-order valence-corrected chi connectivity index (χ4v) is 3.67. The summed E-state index contributed by atoms with van der Waals surface area (Å²) < 4.78 is 9.63. The van der Waals surface area contributed by atoms with Crippen LogP contribution in [-0.4, -0.2) is 48.2 Å². The van der Waals surface area contributed by atoms with Crippen molar-refractivity contribution in [2.45, 2.75) is 33.5 Å². The molecule has 4 aromatic rings. The van der Waals surface area contributed by atoms with Gasteiger partial charge in [-0.05, 0) is 39.1 Å². The van der Waals surface area contributed by atoms with E-state index in [1.54, 1.807) is 17.1 Å². The van der Waals surface area contributed by atoms with E-state index in [0.717, 1.165) is 29.1 Å². The largest absolute Gasteiger partial charge is 0.493 e. The van der Waals surface area contributed by atoms with E-state index in [1.807, 2.05) is 40.1 Å². The molecule has 0 amide bonds. The molecular weight excluding hydrogens is 396 g/mol. The molecule has 0 saturated heterocycles. The van der Waals surface area contributed by atoms with Gasteiger partial charge in [-0.3, -0.25) is 9.25 Å². The Morgan fingerprint density at radius 2 is 1.90 bits per heavy atom. The summed E-state index contributed by atoms with van der Waals surface area (Å²) in [6, 6.07) is 8.08. The van der Waals surface area contributed by atoms with Crippen molar-refractivity contribution in [1.29, 1.82) is 0 Å². The SMILES string of the molecule is Cc1noc(C)c1Cn1cc(-n2c(O)cn(Cc3cccc(CN(C)C)c3)c2=O)cn1. The molecule has 162 valence electrons. The van der Waals surface area contributed by atoms with Crippen LogP contribution in [0.1, 0.15) is 28.1 Å². The summed E-state index contributed by atoms with van der Waals surface area (Å²) >= 11 is 0. The second-order valence-corrected chi connectivity index (χ2v) is 7.99. The highest BCUT2D eigenvalue weighted by Gasteiger charge is 2.16. The van der Waals surface area contributed by atoms with Gasteiger partial charge in [-0.1, -0.05) is 29.4 Å². The summed E-state index contributed by atoms with van der Waals surface area (Å²) in [4.78, 5) is 15.1. The van der Waals surface area contributed by atoms with Crippen LogP contribution in [0.2, 0.25) is 0 Å². The third-order valence-electron chi connectivity index (χ3n) is 5.16. The predicted molar refractivity (Wildman–Crippen MR) is 115 cm³/mol. The maximum absolute atomic E-state index is 13.0. The second-order valence-electron chi connectivity index (χ2n) is 7.99. The maximum atomic E-state index is 13.0. The molecule has 3 heterocycles. The Hall–Kier alpha value is -3.59. The van der Waals surface area contributed by atoms with Crippen LogP contribution in [0.4, 0.5) is 0 Å². The third kappa shape index (κ3) is 4.31. The molecule has 9 heteroatoms. The highest BCUT2D eigenvalue weighted by atomic mass is 16.5. The van der Waals surface area contributed by atoms with Gasteiger partial charge in [0.15, 0.2) is 0 Å². The molecule has 0 aliphatic heterocycles. The van der Waals surface area contributed by atoms with Crippen LogP contribution in [-0.2, 0) is 19.6 Å². The normalized spacial score (nSPS) is 11.5. The van der Waals surface area contributed by atoms with Crippen LogP contribution < -0.4 is 5.69 Å². The standard InChI is InChI=1S/C22H26N6O3/c1-15-20(16(2)31-24-15)13-27-12-19(9-23-27)28-21(29)14-26(22(28)30)11-18-7-5-6-17(8-18)10-25(3)4/h5-9,12,14,29H,10-11,13H2,1-4H3. The second kappa shape index (κ2) is 8.27. The fourth-order valence-electron chi connectivity index (χ4n) is 3.67. The molecule has 0 bridgehead atoms. The Kier molecular flexibility index (Phi) is 5.51. The van der Waals surface area contributed by atoms with Crippen molar-refractivity contribution < 1.29 is 9.63 Å². The molecule has 0 fully saturated rings. The van der Waals surface area contributed by atoms with Gasteiger partial charge in [-0.15, -0.1) is 0 Å². The van der Waals surface area contributed by atoms with E-state index >= 15 is 0 Å². The van der Waals surface area contributed by atoms with E-state index in [9.17, 15) is 9.90 Å². The Morgan fingerprint density at radius 3 is 2.61 bits per heavy atom. The first-order valence-electron chi connectivity index (χ1n) is 10.00. The molecule has 9 nitrogen and oxygen atoms in total. The minimum absolute atomic E-state index is 0.133. The average molecular weight is 422 g/mol. The Bertz CT molecular complexity index is 1240. The lowest BCUT2D eigenvalue weighted by molar-refractivity contribution is 0.391. The van der Waals surface area contributed by atoms with Crippen LogP contribution >= 0.6 is 0 Å². The molecule has 0 aliphatic rings. The van der Waals surface area contributed by atoms with Crippen molar-refractivity contribution in [2.24, 2.45) is 0 Å². The summed E-state index contributed by atoms with van der Waals surface area (Å²) in [6.07, 6.45) is 4.73. The predicted octanol–water partition coefficient (Wildman–Crippen LogP) is 2.30. The number of aryl methyl sites for hydroxylation is 2. The van der Waals surface area contributed by atoms with Gasteiger partial charge in [0, 0.05) is 18.3 Å². The van der Waals surface area contributed by atoms with Gasteiger partial charge < -0.3 is 14.5 Å². The summed E-state index contributed by atoms with van der Waals surface area (Å²) in [5.41, 5.74) is 4.08. The van der Waals surface area contributed by atoms with Crippen LogP contribution in [0.3, 0.4) is 0 Å². The fraction of sp³-hybridized carbons (Fsp3) is 0.318. The molecule has 4 rings (SSSR count).